The summed E-state index contributed by atoms with van der Waals surface area (Å²) in [6, 6.07) is 6.50. The fourth-order valence-corrected chi connectivity index (χ4v) is 2.47. The van der Waals surface area contributed by atoms with E-state index in [9.17, 15) is 0 Å². The number of fused-ring (bicyclic) bond motifs is 1. The highest BCUT2D eigenvalue weighted by atomic mass is 16.5. The quantitative estimate of drug-likeness (QED) is 0.846. The van der Waals surface area contributed by atoms with E-state index in [1.54, 1.807) is 0 Å². The Labute approximate surface area is 102 Å². The van der Waals surface area contributed by atoms with Crippen LogP contribution in [0.25, 0.3) is 6.08 Å². The summed E-state index contributed by atoms with van der Waals surface area (Å²) in [7, 11) is 0. The minimum Gasteiger partial charge on any atom is -0.483 e. The molecule has 0 atom stereocenters. The van der Waals surface area contributed by atoms with Crippen LogP contribution < -0.4 is 10.5 Å². The van der Waals surface area contributed by atoms with Crippen molar-refractivity contribution < 1.29 is 4.74 Å². The van der Waals surface area contributed by atoms with Gasteiger partial charge in [-0.25, -0.2) is 0 Å². The molecule has 0 radical (unpaired) electrons. The van der Waals surface area contributed by atoms with Crippen molar-refractivity contribution in [2.24, 2.45) is 5.73 Å². The van der Waals surface area contributed by atoms with E-state index in [0.29, 0.717) is 0 Å². The van der Waals surface area contributed by atoms with Gasteiger partial charge in [0.05, 0.1) is 0 Å². The van der Waals surface area contributed by atoms with Gasteiger partial charge in [0.25, 0.3) is 0 Å². The van der Waals surface area contributed by atoms with Gasteiger partial charge in [-0.3, -0.25) is 0 Å². The summed E-state index contributed by atoms with van der Waals surface area (Å²) in [5.74, 6) is 0.981. The maximum Gasteiger partial charge on any atom is 0.127 e. The lowest BCUT2D eigenvalue weighted by molar-refractivity contribution is 0.159. The van der Waals surface area contributed by atoms with E-state index >= 15 is 0 Å². The SMILES string of the molecule is CC1(C)C=Cc2cc(C3(CN)CC3)ccc2O1. The number of hydrogen-bond donors (Lipinski definition) is 1. The van der Waals surface area contributed by atoms with Crippen molar-refractivity contribution in [3.8, 4) is 5.75 Å². The zero-order valence-electron chi connectivity index (χ0n) is 10.5. The Morgan fingerprint density at radius 1 is 1.29 bits per heavy atom. The second-order valence-electron chi connectivity index (χ2n) is 5.78. The Kier molecular flexibility index (Phi) is 2.14. The molecule has 17 heavy (non-hydrogen) atoms. The van der Waals surface area contributed by atoms with E-state index in [2.05, 4.69) is 44.2 Å². The molecule has 1 heterocycles. The lowest BCUT2D eigenvalue weighted by Crippen LogP contribution is -2.27. The zero-order chi connectivity index (χ0) is 12.1. The second kappa shape index (κ2) is 3.36. The van der Waals surface area contributed by atoms with Crippen LogP contribution in [0.15, 0.2) is 24.3 Å². The molecular formula is C15H19NO. The third-order valence-corrected chi connectivity index (χ3v) is 3.90. The largest absolute Gasteiger partial charge is 0.483 e. The number of ether oxygens (including phenoxy) is 1. The topological polar surface area (TPSA) is 35.2 Å². The number of benzene rings is 1. The normalized spacial score (nSPS) is 22.8. The summed E-state index contributed by atoms with van der Waals surface area (Å²) < 4.78 is 5.92. The van der Waals surface area contributed by atoms with Gasteiger partial charge in [-0.1, -0.05) is 12.1 Å². The van der Waals surface area contributed by atoms with Crippen molar-refractivity contribution >= 4 is 6.08 Å². The fraction of sp³-hybridized carbons (Fsp3) is 0.467. The van der Waals surface area contributed by atoms with Gasteiger partial charge < -0.3 is 10.5 Å². The van der Waals surface area contributed by atoms with Gasteiger partial charge in [-0.2, -0.15) is 0 Å². The van der Waals surface area contributed by atoms with E-state index in [1.807, 2.05) is 0 Å². The van der Waals surface area contributed by atoms with Gasteiger partial charge in [0.15, 0.2) is 0 Å². The smallest absolute Gasteiger partial charge is 0.127 e. The Balaban J connectivity index is 1.99. The van der Waals surface area contributed by atoms with Crippen molar-refractivity contribution in [3.63, 3.8) is 0 Å². The molecule has 0 spiro atoms. The van der Waals surface area contributed by atoms with Crippen LogP contribution in [-0.4, -0.2) is 12.1 Å². The Morgan fingerprint density at radius 3 is 2.71 bits per heavy atom. The first-order chi connectivity index (χ1) is 8.05. The van der Waals surface area contributed by atoms with Gasteiger partial charge >= 0.3 is 0 Å². The minimum absolute atomic E-state index is 0.195. The molecular weight excluding hydrogens is 210 g/mol. The fourth-order valence-electron chi connectivity index (χ4n) is 2.47. The number of hydrogen-bond acceptors (Lipinski definition) is 2. The Bertz CT molecular complexity index is 484. The molecule has 0 aromatic heterocycles. The van der Waals surface area contributed by atoms with Crippen molar-refractivity contribution in [2.75, 3.05) is 6.54 Å². The monoisotopic (exact) mass is 229 g/mol. The Hall–Kier alpha value is -1.28. The zero-order valence-corrected chi connectivity index (χ0v) is 10.5. The van der Waals surface area contributed by atoms with Crippen molar-refractivity contribution in [1.29, 1.82) is 0 Å². The molecule has 2 N–H and O–H groups in total. The molecule has 1 fully saturated rings. The van der Waals surface area contributed by atoms with E-state index < -0.39 is 0 Å². The van der Waals surface area contributed by atoms with E-state index in [-0.39, 0.29) is 11.0 Å². The van der Waals surface area contributed by atoms with E-state index in [1.165, 1.54) is 24.0 Å². The van der Waals surface area contributed by atoms with Crippen molar-refractivity contribution in [2.45, 2.75) is 37.7 Å². The van der Waals surface area contributed by atoms with Gasteiger partial charge in [-0.05, 0) is 50.5 Å². The van der Waals surface area contributed by atoms with Crippen LogP contribution >= 0.6 is 0 Å². The molecule has 2 aliphatic rings. The predicted molar refractivity (Wildman–Crippen MR) is 70.1 cm³/mol. The predicted octanol–water partition coefficient (Wildman–Crippen LogP) is 2.86. The molecule has 1 aliphatic heterocycles. The molecule has 1 aliphatic carbocycles. The van der Waals surface area contributed by atoms with Crippen LogP contribution in [0.3, 0.4) is 0 Å². The number of rotatable bonds is 2. The molecule has 1 saturated carbocycles. The summed E-state index contributed by atoms with van der Waals surface area (Å²) in [5.41, 5.74) is 8.48. The third kappa shape index (κ3) is 1.77. The first kappa shape index (κ1) is 10.8. The first-order valence-corrected chi connectivity index (χ1v) is 6.28. The van der Waals surface area contributed by atoms with Crippen molar-refractivity contribution in [1.82, 2.24) is 0 Å². The standard InChI is InChI=1S/C15H19NO/c1-14(2)6-5-11-9-12(3-4-13(11)17-14)15(10-16)7-8-15/h3-6,9H,7-8,10,16H2,1-2H3. The third-order valence-electron chi connectivity index (χ3n) is 3.90. The maximum absolute atomic E-state index is 5.92. The summed E-state index contributed by atoms with van der Waals surface area (Å²) in [4.78, 5) is 0. The molecule has 0 unspecified atom stereocenters. The number of nitrogens with two attached hydrogens (primary N) is 1. The minimum atomic E-state index is -0.195. The van der Waals surface area contributed by atoms with Crippen LogP contribution in [-0.2, 0) is 5.41 Å². The lowest BCUT2D eigenvalue weighted by Gasteiger charge is -2.28. The molecule has 2 heteroatoms. The van der Waals surface area contributed by atoms with E-state index in [4.69, 9.17) is 10.5 Å². The molecule has 1 aromatic rings. The molecule has 1 aromatic carbocycles. The molecule has 90 valence electrons. The average molecular weight is 229 g/mol. The Morgan fingerprint density at radius 2 is 2.06 bits per heavy atom. The van der Waals surface area contributed by atoms with Gasteiger partial charge in [0, 0.05) is 17.5 Å². The lowest BCUT2D eigenvalue weighted by atomic mass is 9.92. The highest BCUT2D eigenvalue weighted by molar-refractivity contribution is 5.62. The van der Waals surface area contributed by atoms with Crippen LogP contribution in [0, 0.1) is 0 Å². The summed E-state index contributed by atoms with van der Waals surface area (Å²) >= 11 is 0. The van der Waals surface area contributed by atoms with Gasteiger partial charge in [0.2, 0.25) is 0 Å². The summed E-state index contributed by atoms with van der Waals surface area (Å²) in [6.07, 6.45) is 6.72. The molecule has 2 nitrogen and oxygen atoms in total. The molecule has 3 rings (SSSR count). The molecule has 0 saturated heterocycles. The average Bonchev–Trinajstić information content (AvgIpc) is 3.08. The maximum atomic E-state index is 5.92. The van der Waals surface area contributed by atoms with Crippen LogP contribution in [0.4, 0.5) is 0 Å². The summed E-state index contributed by atoms with van der Waals surface area (Å²) in [5, 5.41) is 0. The molecule has 0 bridgehead atoms. The summed E-state index contributed by atoms with van der Waals surface area (Å²) in [6.45, 7) is 4.90. The van der Waals surface area contributed by atoms with Crippen LogP contribution in [0.5, 0.6) is 5.75 Å². The first-order valence-electron chi connectivity index (χ1n) is 6.28. The molecule has 0 amide bonds. The highest BCUT2D eigenvalue weighted by Gasteiger charge is 2.43. The van der Waals surface area contributed by atoms with Crippen molar-refractivity contribution in [3.05, 3.63) is 35.4 Å². The second-order valence-corrected chi connectivity index (χ2v) is 5.78. The van der Waals surface area contributed by atoms with Crippen LogP contribution in [0.1, 0.15) is 37.8 Å². The van der Waals surface area contributed by atoms with Gasteiger partial charge in [-0.15, -0.1) is 0 Å². The van der Waals surface area contributed by atoms with Crippen LogP contribution in [0.2, 0.25) is 0 Å². The highest BCUT2D eigenvalue weighted by Crippen LogP contribution is 2.48. The van der Waals surface area contributed by atoms with E-state index in [0.717, 1.165) is 12.3 Å². The van der Waals surface area contributed by atoms with Gasteiger partial charge in [0.1, 0.15) is 11.4 Å².